The Hall–Kier alpha value is -4.44. The van der Waals surface area contributed by atoms with Crippen LogP contribution in [0.25, 0.3) is 0 Å². The van der Waals surface area contributed by atoms with Crippen molar-refractivity contribution in [3.63, 3.8) is 0 Å². The summed E-state index contributed by atoms with van der Waals surface area (Å²) < 4.78 is 5.36. The van der Waals surface area contributed by atoms with Gasteiger partial charge in [0.05, 0.1) is 18.0 Å². The van der Waals surface area contributed by atoms with Crippen LogP contribution in [0.15, 0.2) is 82.8 Å². The van der Waals surface area contributed by atoms with Crippen LogP contribution < -0.4 is 15.4 Å². The predicted octanol–water partition coefficient (Wildman–Crippen LogP) is 5.46. The summed E-state index contributed by atoms with van der Waals surface area (Å²) in [7, 11) is 1.59. The summed E-state index contributed by atoms with van der Waals surface area (Å²) in [5.74, 6) is 0.615. The van der Waals surface area contributed by atoms with Gasteiger partial charge in [-0.2, -0.15) is 0 Å². The zero-order chi connectivity index (χ0) is 30.3. The molecule has 0 bridgehead atoms. The number of nitrogens with one attached hydrogen (secondary N) is 2. The third kappa shape index (κ3) is 6.80. The van der Waals surface area contributed by atoms with Crippen LogP contribution >= 0.6 is 11.8 Å². The van der Waals surface area contributed by atoms with Gasteiger partial charge in [-0.15, -0.1) is 0 Å². The van der Waals surface area contributed by atoms with Crippen molar-refractivity contribution in [3.05, 3.63) is 89.5 Å². The first-order valence-electron chi connectivity index (χ1n) is 14.5. The van der Waals surface area contributed by atoms with Gasteiger partial charge in [-0.05, 0) is 55.2 Å². The highest BCUT2D eigenvalue weighted by Crippen LogP contribution is 2.36. The van der Waals surface area contributed by atoms with Gasteiger partial charge in [0.15, 0.2) is 5.17 Å². The number of aliphatic imine (C=N–C) groups is 2. The topological polar surface area (TPSA) is 112 Å². The molecule has 222 valence electrons. The summed E-state index contributed by atoms with van der Waals surface area (Å²) in [6, 6.07) is 22.1. The van der Waals surface area contributed by atoms with Crippen molar-refractivity contribution in [1.29, 1.82) is 0 Å². The molecule has 2 aliphatic heterocycles. The molecule has 0 fully saturated rings. The monoisotopic (exact) mass is 597 g/mol. The van der Waals surface area contributed by atoms with Crippen LogP contribution in [0.5, 0.6) is 5.75 Å². The Kier molecular flexibility index (Phi) is 9.56. The molecular weight excluding hydrogens is 562 g/mol. The number of benzene rings is 3. The summed E-state index contributed by atoms with van der Waals surface area (Å²) in [6.07, 6.45) is 1.84. The number of methoxy groups -OCH3 is 1. The number of hydrogen-bond acceptors (Lipinski definition) is 7. The molecule has 3 amide bonds. The van der Waals surface area contributed by atoms with Gasteiger partial charge in [-0.25, -0.2) is 9.89 Å². The Morgan fingerprint density at radius 3 is 2.51 bits per heavy atom. The summed E-state index contributed by atoms with van der Waals surface area (Å²) in [4.78, 5) is 50.7. The number of rotatable bonds is 11. The van der Waals surface area contributed by atoms with Gasteiger partial charge in [-0.3, -0.25) is 19.4 Å². The highest BCUT2D eigenvalue weighted by atomic mass is 32.2. The molecule has 0 spiro atoms. The fraction of sp³-hybridized carbons (Fsp3) is 0.303. The number of para-hydroxylation sites is 2. The maximum atomic E-state index is 13.7. The van der Waals surface area contributed by atoms with E-state index in [1.54, 1.807) is 7.11 Å². The largest absolute Gasteiger partial charge is 0.496 e. The second kappa shape index (κ2) is 13.7. The Morgan fingerprint density at radius 2 is 1.77 bits per heavy atom. The molecule has 10 heteroatoms. The van der Waals surface area contributed by atoms with E-state index in [1.807, 2.05) is 79.7 Å². The molecule has 3 aromatic rings. The Labute approximate surface area is 255 Å². The van der Waals surface area contributed by atoms with Crippen molar-refractivity contribution in [2.24, 2.45) is 9.98 Å². The molecule has 0 unspecified atom stereocenters. The molecule has 3 aromatic carbocycles. The lowest BCUT2D eigenvalue weighted by atomic mass is 10.1. The highest BCUT2D eigenvalue weighted by Gasteiger charge is 2.42. The number of carbonyl (C=O) groups is 3. The van der Waals surface area contributed by atoms with Gasteiger partial charge in [0.2, 0.25) is 11.8 Å². The summed E-state index contributed by atoms with van der Waals surface area (Å²) in [5, 5.41) is 5.83. The SMILES string of the molecule is CCc1ccc(NC(=O)[C@H](CC)SC2=Nc3ccccc3C3=N[C@H](CCC(=O)NCc4ccccc4OC)C(=O)N23)cc1. The van der Waals surface area contributed by atoms with Crippen molar-refractivity contribution >= 4 is 51.9 Å². The Morgan fingerprint density at radius 1 is 1.02 bits per heavy atom. The van der Waals surface area contributed by atoms with E-state index >= 15 is 0 Å². The molecule has 0 radical (unpaired) electrons. The summed E-state index contributed by atoms with van der Waals surface area (Å²) in [5.41, 5.74) is 4.22. The molecule has 9 nitrogen and oxygen atoms in total. The Balaban J connectivity index is 1.27. The summed E-state index contributed by atoms with van der Waals surface area (Å²) >= 11 is 1.25. The third-order valence-corrected chi connectivity index (χ3v) is 8.72. The molecule has 5 rings (SSSR count). The van der Waals surface area contributed by atoms with Gasteiger partial charge in [0.1, 0.15) is 17.6 Å². The molecule has 2 atom stereocenters. The third-order valence-electron chi connectivity index (χ3n) is 7.40. The number of fused-ring (bicyclic) bond motifs is 3. The number of hydrogen-bond donors (Lipinski definition) is 2. The van der Waals surface area contributed by atoms with Crippen LogP contribution in [0.1, 0.15) is 49.8 Å². The molecule has 2 aliphatic rings. The number of aryl methyl sites for hydroxylation is 1. The second-order valence-corrected chi connectivity index (χ2v) is 11.4. The van der Waals surface area contributed by atoms with Gasteiger partial charge >= 0.3 is 0 Å². The lowest BCUT2D eigenvalue weighted by Crippen LogP contribution is -2.42. The van der Waals surface area contributed by atoms with Crippen LogP contribution in [-0.2, 0) is 27.3 Å². The maximum absolute atomic E-state index is 13.7. The standard InChI is InChI=1S/C33H35N5O4S/c1-4-21-14-16-23(17-15-21)35-31(40)28(5-2)43-33-37-25-12-8-7-11-24(25)30-36-26(32(41)38(30)33)18-19-29(39)34-20-22-10-6-9-13-27(22)42-3/h6-17,26,28H,4-5,18-20H2,1-3H3,(H,34,39)(H,35,40)/t26-,28+/m1/s1. The minimum Gasteiger partial charge on any atom is -0.496 e. The van der Waals surface area contributed by atoms with Crippen molar-refractivity contribution in [2.75, 3.05) is 12.4 Å². The van der Waals surface area contributed by atoms with Crippen molar-refractivity contribution in [1.82, 2.24) is 10.2 Å². The van der Waals surface area contributed by atoms with Crippen LogP contribution in [0, 0.1) is 0 Å². The van der Waals surface area contributed by atoms with E-state index in [0.717, 1.165) is 23.2 Å². The molecule has 43 heavy (non-hydrogen) atoms. The number of anilines is 1. The molecule has 0 saturated heterocycles. The predicted molar refractivity (Wildman–Crippen MR) is 171 cm³/mol. The Bertz CT molecular complexity index is 1570. The number of nitrogens with zero attached hydrogens (tertiary/aromatic N) is 3. The van der Waals surface area contributed by atoms with Crippen molar-refractivity contribution in [3.8, 4) is 5.75 Å². The first-order valence-corrected chi connectivity index (χ1v) is 15.3. The minimum atomic E-state index is -0.727. The van der Waals surface area contributed by atoms with Gasteiger partial charge in [0.25, 0.3) is 5.91 Å². The fourth-order valence-electron chi connectivity index (χ4n) is 4.96. The number of thioether (sulfide) groups is 1. The van der Waals surface area contributed by atoms with Gasteiger partial charge in [-0.1, -0.05) is 68.1 Å². The zero-order valence-electron chi connectivity index (χ0n) is 24.5. The first-order chi connectivity index (χ1) is 20.9. The molecule has 0 aliphatic carbocycles. The first kappa shape index (κ1) is 30.0. The van der Waals surface area contributed by atoms with E-state index in [0.29, 0.717) is 35.4 Å². The molecule has 2 heterocycles. The number of ether oxygens (including phenoxy) is 1. The van der Waals surface area contributed by atoms with Crippen LogP contribution in [-0.4, -0.2) is 52.0 Å². The zero-order valence-corrected chi connectivity index (χ0v) is 25.3. The van der Waals surface area contributed by atoms with E-state index in [-0.39, 0.29) is 30.6 Å². The smallest absolute Gasteiger partial charge is 0.259 e. The number of carbonyl (C=O) groups excluding carboxylic acids is 3. The number of amidine groups is 2. The lowest BCUT2D eigenvalue weighted by Gasteiger charge is -2.27. The normalized spacial score (nSPS) is 16.0. The minimum absolute atomic E-state index is 0.133. The van der Waals surface area contributed by atoms with Crippen molar-refractivity contribution < 1.29 is 19.1 Å². The van der Waals surface area contributed by atoms with Gasteiger partial charge in [0, 0.05) is 29.8 Å². The number of amides is 3. The van der Waals surface area contributed by atoms with E-state index in [1.165, 1.54) is 22.2 Å². The molecule has 0 aromatic heterocycles. The van der Waals surface area contributed by atoms with E-state index < -0.39 is 11.3 Å². The maximum Gasteiger partial charge on any atom is 0.259 e. The van der Waals surface area contributed by atoms with E-state index in [2.05, 4.69) is 17.6 Å². The summed E-state index contributed by atoms with van der Waals surface area (Å²) in [6.45, 7) is 4.34. The fourth-order valence-corrected chi connectivity index (χ4v) is 5.98. The van der Waals surface area contributed by atoms with Crippen LogP contribution in [0.4, 0.5) is 11.4 Å². The van der Waals surface area contributed by atoms with E-state index in [9.17, 15) is 14.4 Å². The highest BCUT2D eigenvalue weighted by molar-refractivity contribution is 8.15. The quantitative estimate of drug-likeness (QED) is 0.305. The van der Waals surface area contributed by atoms with Crippen molar-refractivity contribution in [2.45, 2.75) is 57.4 Å². The average Bonchev–Trinajstić information content (AvgIpc) is 3.38. The van der Waals surface area contributed by atoms with Crippen LogP contribution in [0.2, 0.25) is 0 Å². The molecule has 2 N–H and O–H groups in total. The average molecular weight is 598 g/mol. The molecular formula is C33H35N5O4S. The second-order valence-electron chi connectivity index (χ2n) is 10.2. The van der Waals surface area contributed by atoms with Gasteiger partial charge < -0.3 is 15.4 Å². The van der Waals surface area contributed by atoms with E-state index in [4.69, 9.17) is 14.7 Å². The van der Waals surface area contributed by atoms with Crippen LogP contribution in [0.3, 0.4) is 0 Å². The lowest BCUT2D eigenvalue weighted by molar-refractivity contribution is -0.125. The molecule has 0 saturated carbocycles.